The maximum absolute atomic E-state index is 11.5. The molecular formula is C10H19N3O4. The minimum absolute atomic E-state index is 0.135. The molecule has 0 aromatic carbocycles. The van der Waals surface area contributed by atoms with Crippen molar-refractivity contribution in [1.82, 2.24) is 10.6 Å². The minimum Gasteiger partial charge on any atom is -0.480 e. The minimum atomic E-state index is -1.10. The lowest BCUT2D eigenvalue weighted by molar-refractivity contribution is -0.142. The first-order chi connectivity index (χ1) is 7.73. The fraction of sp³-hybridized carbons (Fsp3) is 0.700. The summed E-state index contributed by atoms with van der Waals surface area (Å²) >= 11 is 0. The molecule has 0 aliphatic heterocycles. The zero-order valence-corrected chi connectivity index (χ0v) is 10.2. The van der Waals surface area contributed by atoms with Crippen LogP contribution in [0.25, 0.3) is 0 Å². The summed E-state index contributed by atoms with van der Waals surface area (Å²) in [5, 5.41) is 13.4. The summed E-state index contributed by atoms with van der Waals surface area (Å²) in [5.41, 5.74) is 4.86. The fourth-order valence-corrected chi connectivity index (χ4v) is 1.27. The molecule has 0 heterocycles. The van der Waals surface area contributed by atoms with Crippen molar-refractivity contribution in [2.75, 3.05) is 0 Å². The average molecular weight is 245 g/mol. The monoisotopic (exact) mass is 245 g/mol. The Balaban J connectivity index is 4.39. The summed E-state index contributed by atoms with van der Waals surface area (Å²) < 4.78 is 0. The molecule has 0 aromatic rings. The third kappa shape index (κ3) is 6.39. The van der Waals surface area contributed by atoms with Crippen LogP contribution in [-0.4, -0.2) is 35.1 Å². The number of carboxylic acids is 1. The highest BCUT2D eigenvalue weighted by molar-refractivity contribution is 5.89. The number of carbonyl (C=O) groups excluding carboxylic acids is 2. The maximum Gasteiger partial charge on any atom is 0.326 e. The molecule has 0 radical (unpaired) electrons. The number of nitrogens with two attached hydrogens (primary N) is 1. The number of nitrogens with one attached hydrogen (secondary N) is 2. The largest absolute Gasteiger partial charge is 0.480 e. The van der Waals surface area contributed by atoms with Gasteiger partial charge < -0.3 is 21.5 Å². The maximum atomic E-state index is 11.5. The second kappa shape index (κ2) is 6.72. The Labute approximate surface area is 99.7 Å². The molecule has 1 unspecified atom stereocenters. The van der Waals surface area contributed by atoms with Gasteiger partial charge in [-0.05, 0) is 19.3 Å². The van der Waals surface area contributed by atoms with Crippen LogP contribution in [0.5, 0.6) is 0 Å². The highest BCUT2D eigenvalue weighted by Gasteiger charge is 2.23. The number of rotatable bonds is 6. The average Bonchev–Trinajstić information content (AvgIpc) is 2.14. The van der Waals surface area contributed by atoms with Gasteiger partial charge in [-0.25, -0.2) is 9.59 Å². The van der Waals surface area contributed by atoms with Gasteiger partial charge in [0.15, 0.2) is 0 Å². The lowest BCUT2D eigenvalue weighted by atomic mass is 10.0. The van der Waals surface area contributed by atoms with Gasteiger partial charge in [0.05, 0.1) is 0 Å². The van der Waals surface area contributed by atoms with E-state index in [4.69, 9.17) is 10.8 Å². The number of hydrogen-bond donors (Lipinski definition) is 4. The smallest absolute Gasteiger partial charge is 0.326 e. The Hall–Kier alpha value is -1.79. The number of carboxylic acid groups (broad SMARTS) is 1. The normalized spacial score (nSPS) is 13.9. The summed E-state index contributed by atoms with van der Waals surface area (Å²) in [6.45, 7) is 5.13. The second-order valence-corrected chi connectivity index (χ2v) is 4.26. The van der Waals surface area contributed by atoms with Gasteiger partial charge in [0, 0.05) is 0 Å². The molecule has 0 saturated heterocycles. The van der Waals surface area contributed by atoms with Crippen LogP contribution in [0.2, 0.25) is 0 Å². The summed E-state index contributed by atoms with van der Waals surface area (Å²) in [7, 11) is 0. The predicted octanol–water partition coefficient (Wildman–Crippen LogP) is -0.341. The second-order valence-electron chi connectivity index (χ2n) is 4.26. The van der Waals surface area contributed by atoms with Crippen molar-refractivity contribution < 1.29 is 19.5 Å². The summed E-state index contributed by atoms with van der Waals surface area (Å²) in [6, 6.07) is -2.65. The number of hydrogen-bond acceptors (Lipinski definition) is 3. The van der Waals surface area contributed by atoms with Crippen molar-refractivity contribution in [3.05, 3.63) is 0 Å². The molecule has 3 amide bonds. The van der Waals surface area contributed by atoms with Crippen molar-refractivity contribution in [1.29, 1.82) is 0 Å². The Morgan fingerprint density at radius 3 is 2.06 bits per heavy atom. The summed E-state index contributed by atoms with van der Waals surface area (Å²) in [5.74, 6) is -1.54. The van der Waals surface area contributed by atoms with Gasteiger partial charge in [0.25, 0.3) is 0 Å². The molecule has 0 rings (SSSR count). The molecule has 17 heavy (non-hydrogen) atoms. The van der Waals surface area contributed by atoms with E-state index in [9.17, 15) is 14.4 Å². The van der Waals surface area contributed by atoms with Crippen LogP contribution in [0.1, 0.15) is 27.2 Å². The zero-order valence-electron chi connectivity index (χ0n) is 10.2. The van der Waals surface area contributed by atoms with Crippen molar-refractivity contribution in [3.8, 4) is 0 Å². The van der Waals surface area contributed by atoms with E-state index in [-0.39, 0.29) is 5.92 Å². The van der Waals surface area contributed by atoms with E-state index in [0.717, 1.165) is 0 Å². The third-order valence-electron chi connectivity index (χ3n) is 2.07. The molecule has 0 saturated carbocycles. The lowest BCUT2D eigenvalue weighted by Crippen LogP contribution is -2.51. The molecule has 0 fully saturated rings. The van der Waals surface area contributed by atoms with Gasteiger partial charge in [0.2, 0.25) is 5.91 Å². The number of urea groups is 1. The summed E-state index contributed by atoms with van der Waals surface area (Å²) in [6.07, 6.45) is 0.324. The molecule has 0 aliphatic rings. The van der Waals surface area contributed by atoms with Crippen molar-refractivity contribution in [2.24, 2.45) is 11.7 Å². The van der Waals surface area contributed by atoms with Crippen LogP contribution in [0.4, 0.5) is 4.79 Å². The number of amides is 3. The number of aliphatic carboxylic acids is 1. The van der Waals surface area contributed by atoms with E-state index < -0.39 is 30.0 Å². The van der Waals surface area contributed by atoms with Crippen LogP contribution >= 0.6 is 0 Å². The fourth-order valence-electron chi connectivity index (χ4n) is 1.27. The van der Waals surface area contributed by atoms with Crippen molar-refractivity contribution >= 4 is 17.9 Å². The first kappa shape index (κ1) is 15.2. The zero-order chi connectivity index (χ0) is 13.6. The van der Waals surface area contributed by atoms with E-state index in [1.807, 2.05) is 13.8 Å². The van der Waals surface area contributed by atoms with E-state index in [0.29, 0.717) is 6.42 Å². The molecule has 0 bridgehead atoms. The van der Waals surface area contributed by atoms with Gasteiger partial charge in [-0.2, -0.15) is 0 Å². The molecule has 7 nitrogen and oxygen atoms in total. The first-order valence-corrected chi connectivity index (χ1v) is 5.33. The van der Waals surface area contributed by atoms with Gasteiger partial charge in [-0.1, -0.05) is 13.8 Å². The molecule has 5 N–H and O–H groups in total. The predicted molar refractivity (Wildman–Crippen MR) is 61.2 cm³/mol. The summed E-state index contributed by atoms with van der Waals surface area (Å²) in [4.78, 5) is 32.9. The Kier molecular flexibility index (Phi) is 6.01. The van der Waals surface area contributed by atoms with Crippen LogP contribution in [0, 0.1) is 5.92 Å². The van der Waals surface area contributed by atoms with Crippen LogP contribution in [0.3, 0.4) is 0 Å². The van der Waals surface area contributed by atoms with Crippen molar-refractivity contribution in [2.45, 2.75) is 39.3 Å². The molecule has 7 heteroatoms. The third-order valence-corrected chi connectivity index (χ3v) is 2.07. The van der Waals surface area contributed by atoms with Crippen LogP contribution < -0.4 is 16.4 Å². The standard InChI is InChI=1S/C10H19N3O4/c1-5(2)4-7(9(15)16)13-8(14)6(3)12-10(11)17/h5-7H,4H2,1-3H3,(H,13,14)(H,15,16)(H3,11,12,17)/t6?,7-/m1/s1. The molecular weight excluding hydrogens is 226 g/mol. The van der Waals surface area contributed by atoms with Gasteiger partial charge in [0.1, 0.15) is 12.1 Å². The first-order valence-electron chi connectivity index (χ1n) is 5.33. The van der Waals surface area contributed by atoms with E-state index in [1.54, 1.807) is 0 Å². The van der Waals surface area contributed by atoms with E-state index >= 15 is 0 Å². The van der Waals surface area contributed by atoms with Gasteiger partial charge in [-0.15, -0.1) is 0 Å². The topological polar surface area (TPSA) is 122 Å². The number of carbonyl (C=O) groups is 3. The van der Waals surface area contributed by atoms with Gasteiger partial charge >= 0.3 is 12.0 Å². The van der Waals surface area contributed by atoms with Crippen LogP contribution in [0.15, 0.2) is 0 Å². The lowest BCUT2D eigenvalue weighted by Gasteiger charge is -2.19. The van der Waals surface area contributed by atoms with E-state index in [1.165, 1.54) is 6.92 Å². The number of primary amides is 1. The van der Waals surface area contributed by atoms with E-state index in [2.05, 4.69) is 10.6 Å². The molecule has 2 atom stereocenters. The van der Waals surface area contributed by atoms with Gasteiger partial charge in [-0.3, -0.25) is 4.79 Å². The van der Waals surface area contributed by atoms with Crippen LogP contribution in [-0.2, 0) is 9.59 Å². The Bertz CT molecular complexity index is 304. The quantitative estimate of drug-likeness (QED) is 0.511. The molecule has 0 aliphatic carbocycles. The van der Waals surface area contributed by atoms with Crippen molar-refractivity contribution in [3.63, 3.8) is 0 Å². The SMILES string of the molecule is CC(C)C[C@@H](NC(=O)C(C)NC(N)=O)C(=O)O. The molecule has 0 spiro atoms. The Morgan fingerprint density at radius 2 is 1.71 bits per heavy atom. The highest BCUT2D eigenvalue weighted by Crippen LogP contribution is 2.05. The Morgan fingerprint density at radius 1 is 1.18 bits per heavy atom. The molecule has 0 aromatic heterocycles. The molecule has 98 valence electrons. The highest BCUT2D eigenvalue weighted by atomic mass is 16.4.